The molecule has 5 nitrogen and oxygen atoms in total. The van der Waals surface area contributed by atoms with Crippen molar-refractivity contribution >= 4 is 24.1 Å². The van der Waals surface area contributed by atoms with E-state index in [2.05, 4.69) is 4.99 Å². The Labute approximate surface area is 135 Å². The molecule has 0 aromatic heterocycles. The van der Waals surface area contributed by atoms with Gasteiger partial charge in [0.1, 0.15) is 0 Å². The number of nitrogens with zero attached hydrogens (tertiary/aromatic N) is 2. The lowest BCUT2D eigenvalue weighted by Gasteiger charge is -2.13. The summed E-state index contributed by atoms with van der Waals surface area (Å²) in [6.07, 6.45) is 7.24. The monoisotopic (exact) mass is 305 g/mol. The third kappa shape index (κ3) is 5.51. The maximum atomic E-state index is 7.98. The molecule has 23 heavy (non-hydrogen) atoms. The highest BCUT2D eigenvalue weighted by Crippen LogP contribution is 2.07. The zero-order valence-electron chi connectivity index (χ0n) is 12.6. The minimum atomic E-state index is -0.152. The topological polar surface area (TPSA) is 91.5 Å². The minimum Gasteiger partial charge on any atom is -0.370 e. The van der Waals surface area contributed by atoms with Gasteiger partial charge in [-0.25, -0.2) is 0 Å². The molecule has 0 aliphatic rings. The van der Waals surface area contributed by atoms with Gasteiger partial charge in [0.15, 0.2) is 5.96 Å². The van der Waals surface area contributed by atoms with E-state index >= 15 is 0 Å². The van der Waals surface area contributed by atoms with Gasteiger partial charge >= 0.3 is 0 Å². The van der Waals surface area contributed by atoms with Crippen LogP contribution >= 0.6 is 0 Å². The number of hydrogen-bond donors (Lipinski definition) is 3. The van der Waals surface area contributed by atoms with Crippen molar-refractivity contribution in [1.82, 2.24) is 4.90 Å². The van der Waals surface area contributed by atoms with Crippen molar-refractivity contribution in [2.45, 2.75) is 0 Å². The number of guanidine groups is 2. The minimum absolute atomic E-state index is 0.0654. The highest BCUT2D eigenvalue weighted by molar-refractivity contribution is 5.93. The molecule has 0 radical (unpaired) electrons. The smallest absolute Gasteiger partial charge is 0.229 e. The summed E-state index contributed by atoms with van der Waals surface area (Å²) in [6, 6.07) is 19.6. The lowest BCUT2D eigenvalue weighted by atomic mass is 10.2. The van der Waals surface area contributed by atoms with Crippen LogP contribution in [0.4, 0.5) is 0 Å². The summed E-state index contributed by atoms with van der Waals surface area (Å²) < 4.78 is 0. The molecule has 0 aliphatic carbocycles. The summed E-state index contributed by atoms with van der Waals surface area (Å²) in [7, 11) is 0. The van der Waals surface area contributed by atoms with Gasteiger partial charge in [-0.1, -0.05) is 60.7 Å². The van der Waals surface area contributed by atoms with Crippen molar-refractivity contribution in [2.24, 2.45) is 16.5 Å². The molecule has 0 fully saturated rings. The molecule has 116 valence electrons. The number of nitrogens with one attached hydrogen (secondary N) is 1. The summed E-state index contributed by atoms with van der Waals surface area (Å²) >= 11 is 0. The Hall–Kier alpha value is -3.34. The molecule has 0 saturated heterocycles. The van der Waals surface area contributed by atoms with Gasteiger partial charge in [0.05, 0.1) is 0 Å². The molecule has 0 saturated carbocycles. The molecule has 0 unspecified atom stereocenters. The lowest BCUT2D eigenvalue weighted by molar-refractivity contribution is 0.749. The fourth-order valence-corrected chi connectivity index (χ4v) is 1.83. The zero-order chi connectivity index (χ0) is 16.5. The van der Waals surface area contributed by atoms with Crippen molar-refractivity contribution in [2.75, 3.05) is 0 Å². The predicted molar refractivity (Wildman–Crippen MR) is 96.3 cm³/mol. The van der Waals surface area contributed by atoms with E-state index in [-0.39, 0.29) is 11.9 Å². The van der Waals surface area contributed by atoms with E-state index in [1.54, 1.807) is 17.3 Å². The summed E-state index contributed by atoms with van der Waals surface area (Å²) in [5, 5.41) is 7.98. The van der Waals surface area contributed by atoms with Crippen LogP contribution < -0.4 is 11.5 Å². The van der Waals surface area contributed by atoms with Crippen LogP contribution in [0.5, 0.6) is 0 Å². The van der Waals surface area contributed by atoms with Gasteiger partial charge < -0.3 is 11.5 Å². The van der Waals surface area contributed by atoms with Crippen molar-refractivity contribution in [3.05, 3.63) is 84.2 Å². The number of rotatable bonds is 4. The van der Waals surface area contributed by atoms with Crippen molar-refractivity contribution in [3.8, 4) is 0 Å². The van der Waals surface area contributed by atoms with Crippen LogP contribution in [0.2, 0.25) is 0 Å². The van der Waals surface area contributed by atoms with Crippen LogP contribution in [0, 0.1) is 5.41 Å². The Balaban J connectivity index is 2.21. The molecule has 0 amide bonds. The average Bonchev–Trinajstić information content (AvgIpc) is 2.56. The van der Waals surface area contributed by atoms with Gasteiger partial charge in [-0.2, -0.15) is 4.99 Å². The Morgan fingerprint density at radius 1 is 0.826 bits per heavy atom. The molecule has 0 bridgehead atoms. The second-order valence-electron chi connectivity index (χ2n) is 4.72. The molecule has 5 N–H and O–H groups in total. The van der Waals surface area contributed by atoms with Crippen LogP contribution in [0.3, 0.4) is 0 Å². The van der Waals surface area contributed by atoms with E-state index in [4.69, 9.17) is 16.9 Å². The molecule has 0 spiro atoms. The first-order valence-electron chi connectivity index (χ1n) is 7.08. The van der Waals surface area contributed by atoms with E-state index in [1.165, 1.54) is 0 Å². The van der Waals surface area contributed by atoms with Crippen LogP contribution in [0.15, 0.2) is 78.1 Å². The molecule has 0 heterocycles. The van der Waals surface area contributed by atoms with E-state index in [1.807, 2.05) is 72.8 Å². The van der Waals surface area contributed by atoms with Crippen molar-refractivity contribution < 1.29 is 0 Å². The van der Waals surface area contributed by atoms with Gasteiger partial charge in [0.25, 0.3) is 0 Å². The van der Waals surface area contributed by atoms with Crippen LogP contribution in [-0.4, -0.2) is 16.8 Å². The van der Waals surface area contributed by atoms with Gasteiger partial charge in [-0.15, -0.1) is 0 Å². The van der Waals surface area contributed by atoms with Gasteiger partial charge in [-0.3, -0.25) is 10.3 Å². The SMILES string of the molecule is N=C(N=C(N)N)N(C=Cc1ccccc1)C=Cc1ccccc1. The van der Waals surface area contributed by atoms with Crippen LogP contribution in [0.1, 0.15) is 11.1 Å². The molecular weight excluding hydrogens is 286 g/mol. The first kappa shape index (κ1) is 16.0. The average molecular weight is 305 g/mol. The summed E-state index contributed by atoms with van der Waals surface area (Å²) in [5.41, 5.74) is 12.7. The Kier molecular flexibility index (Phi) is 5.71. The van der Waals surface area contributed by atoms with Crippen molar-refractivity contribution in [1.29, 1.82) is 5.41 Å². The van der Waals surface area contributed by atoms with Crippen LogP contribution in [-0.2, 0) is 0 Å². The fraction of sp³-hybridized carbons (Fsp3) is 0. The van der Waals surface area contributed by atoms with E-state index in [0.29, 0.717) is 0 Å². The largest absolute Gasteiger partial charge is 0.370 e. The second-order valence-corrected chi connectivity index (χ2v) is 4.72. The number of hydrogen-bond acceptors (Lipinski definition) is 1. The molecule has 2 aromatic rings. The van der Waals surface area contributed by atoms with Gasteiger partial charge in [0, 0.05) is 12.4 Å². The quantitative estimate of drug-likeness (QED) is 0.599. The number of benzene rings is 2. The molecule has 2 rings (SSSR count). The molecule has 0 aliphatic heterocycles. The van der Waals surface area contributed by atoms with E-state index < -0.39 is 0 Å². The first-order chi connectivity index (χ1) is 11.1. The predicted octanol–water partition coefficient (Wildman–Crippen LogP) is 2.84. The van der Waals surface area contributed by atoms with Crippen LogP contribution in [0.25, 0.3) is 12.2 Å². The van der Waals surface area contributed by atoms with E-state index in [0.717, 1.165) is 11.1 Å². The highest BCUT2D eigenvalue weighted by atomic mass is 15.2. The highest BCUT2D eigenvalue weighted by Gasteiger charge is 2.02. The van der Waals surface area contributed by atoms with Gasteiger partial charge in [-0.05, 0) is 23.3 Å². The molecule has 0 atom stereocenters. The molecule has 5 heteroatoms. The lowest BCUT2D eigenvalue weighted by Crippen LogP contribution is -2.27. The zero-order valence-corrected chi connectivity index (χ0v) is 12.6. The molecule has 2 aromatic carbocycles. The van der Waals surface area contributed by atoms with Crippen molar-refractivity contribution in [3.63, 3.8) is 0 Å². The fourth-order valence-electron chi connectivity index (χ4n) is 1.83. The number of nitrogens with two attached hydrogens (primary N) is 2. The standard InChI is InChI=1S/C18H19N5/c19-17(20)22-18(21)23(13-11-15-7-3-1-4-8-15)14-12-16-9-5-2-6-10-16/h1-14H,(H5,19,20,21,22). The molecular formula is C18H19N5. The Bertz CT molecular complexity index is 664. The normalized spacial score (nSPS) is 10.8. The Morgan fingerprint density at radius 2 is 1.26 bits per heavy atom. The second kappa shape index (κ2) is 8.19. The summed E-state index contributed by atoms with van der Waals surface area (Å²) in [5.74, 6) is -0.217. The maximum Gasteiger partial charge on any atom is 0.229 e. The summed E-state index contributed by atoms with van der Waals surface area (Å²) in [4.78, 5) is 5.32. The summed E-state index contributed by atoms with van der Waals surface area (Å²) in [6.45, 7) is 0. The van der Waals surface area contributed by atoms with Gasteiger partial charge in [0.2, 0.25) is 5.96 Å². The first-order valence-corrected chi connectivity index (χ1v) is 7.08. The maximum absolute atomic E-state index is 7.98. The number of aliphatic imine (C=N–C) groups is 1. The third-order valence-electron chi connectivity index (χ3n) is 2.93. The third-order valence-corrected chi connectivity index (χ3v) is 2.93. The van der Waals surface area contributed by atoms with E-state index in [9.17, 15) is 0 Å². The Morgan fingerprint density at radius 3 is 1.65 bits per heavy atom.